The maximum atomic E-state index is 8.99. The third-order valence-electron chi connectivity index (χ3n) is 2.18. The van der Waals surface area contributed by atoms with Crippen molar-refractivity contribution in [2.75, 3.05) is 5.32 Å². The maximum Gasteiger partial charge on any atom is 0.101 e. The highest BCUT2D eigenvalue weighted by Crippen LogP contribution is 2.24. The predicted molar refractivity (Wildman–Crippen MR) is 75.5 cm³/mol. The molecule has 0 unspecified atom stereocenters. The van der Waals surface area contributed by atoms with Gasteiger partial charge < -0.3 is 5.32 Å². The number of hydrogen-bond acceptors (Lipinski definition) is 3. The van der Waals surface area contributed by atoms with Gasteiger partial charge in [-0.15, -0.1) is 11.3 Å². The van der Waals surface area contributed by atoms with Crippen LogP contribution in [0.2, 0.25) is 5.02 Å². The van der Waals surface area contributed by atoms with Crippen LogP contribution in [0.4, 0.5) is 5.69 Å². The second-order valence-corrected chi connectivity index (χ2v) is 5.73. The summed E-state index contributed by atoms with van der Waals surface area (Å²) >= 11 is 10.8. The van der Waals surface area contributed by atoms with Crippen LogP contribution < -0.4 is 5.32 Å². The van der Waals surface area contributed by atoms with Crippen molar-refractivity contribution in [3.05, 3.63) is 49.6 Å². The fourth-order valence-corrected chi connectivity index (χ4v) is 2.76. The SMILES string of the molecule is N#Cc1ccc(Br)cc1NCc1cc(Cl)cs1. The summed E-state index contributed by atoms with van der Waals surface area (Å²) in [5.41, 5.74) is 1.46. The Kier molecular flexibility index (Phi) is 4.06. The van der Waals surface area contributed by atoms with Crippen LogP contribution >= 0.6 is 38.9 Å². The summed E-state index contributed by atoms with van der Waals surface area (Å²) in [6.45, 7) is 0.669. The minimum atomic E-state index is 0.635. The largest absolute Gasteiger partial charge is 0.379 e. The van der Waals surface area contributed by atoms with Gasteiger partial charge in [0.2, 0.25) is 0 Å². The van der Waals surface area contributed by atoms with Gasteiger partial charge in [-0.05, 0) is 24.3 Å². The van der Waals surface area contributed by atoms with E-state index in [-0.39, 0.29) is 0 Å². The van der Waals surface area contributed by atoms with Gasteiger partial charge in [0.15, 0.2) is 0 Å². The number of anilines is 1. The zero-order valence-corrected chi connectivity index (χ0v) is 11.9. The normalized spacial score (nSPS) is 9.94. The second-order valence-electron chi connectivity index (χ2n) is 3.39. The second kappa shape index (κ2) is 5.54. The van der Waals surface area contributed by atoms with Gasteiger partial charge in [-0.3, -0.25) is 0 Å². The lowest BCUT2D eigenvalue weighted by Gasteiger charge is -2.07. The summed E-state index contributed by atoms with van der Waals surface area (Å²) in [6.07, 6.45) is 0. The molecule has 0 fully saturated rings. The molecule has 2 aromatic rings. The molecule has 0 radical (unpaired) electrons. The predicted octanol–water partition coefficient (Wildman–Crippen LogP) is 4.65. The summed E-state index contributed by atoms with van der Waals surface area (Å²) in [4.78, 5) is 1.14. The molecule has 2 rings (SSSR count). The molecule has 0 amide bonds. The third kappa shape index (κ3) is 3.22. The molecule has 0 saturated carbocycles. The molecular formula is C12H8BrClN2S. The number of rotatable bonds is 3. The lowest BCUT2D eigenvalue weighted by atomic mass is 10.2. The van der Waals surface area contributed by atoms with E-state index in [9.17, 15) is 0 Å². The molecule has 0 atom stereocenters. The highest BCUT2D eigenvalue weighted by atomic mass is 79.9. The van der Waals surface area contributed by atoms with Gasteiger partial charge in [0.25, 0.3) is 0 Å². The average Bonchev–Trinajstić information content (AvgIpc) is 2.73. The van der Waals surface area contributed by atoms with Crippen molar-refractivity contribution in [3.8, 4) is 6.07 Å². The van der Waals surface area contributed by atoms with Gasteiger partial charge >= 0.3 is 0 Å². The molecular weight excluding hydrogens is 320 g/mol. The Bertz CT molecular complexity index is 574. The Morgan fingerprint density at radius 2 is 2.24 bits per heavy atom. The molecule has 1 N–H and O–H groups in total. The van der Waals surface area contributed by atoms with E-state index in [4.69, 9.17) is 16.9 Å². The quantitative estimate of drug-likeness (QED) is 0.891. The van der Waals surface area contributed by atoms with E-state index in [0.717, 1.165) is 20.1 Å². The van der Waals surface area contributed by atoms with E-state index in [1.165, 1.54) is 0 Å². The van der Waals surface area contributed by atoms with Crippen molar-refractivity contribution in [2.45, 2.75) is 6.54 Å². The Morgan fingerprint density at radius 1 is 1.41 bits per heavy atom. The number of benzene rings is 1. The first-order chi connectivity index (χ1) is 8.19. The van der Waals surface area contributed by atoms with Crippen LogP contribution in [0.25, 0.3) is 0 Å². The number of nitrogens with one attached hydrogen (secondary N) is 1. The van der Waals surface area contributed by atoms with Gasteiger partial charge in [-0.1, -0.05) is 27.5 Å². The standard InChI is InChI=1S/C12H8BrClN2S/c13-9-2-1-8(5-15)12(3-9)16-6-11-4-10(14)7-17-11/h1-4,7,16H,6H2. The van der Waals surface area contributed by atoms with Gasteiger partial charge in [0, 0.05) is 21.3 Å². The van der Waals surface area contributed by atoms with Gasteiger partial charge in [-0.25, -0.2) is 0 Å². The number of nitriles is 1. The number of halogens is 2. The van der Waals surface area contributed by atoms with Crippen LogP contribution in [0.1, 0.15) is 10.4 Å². The molecule has 0 aliphatic rings. The first-order valence-corrected chi connectivity index (χ1v) is 6.90. The molecule has 1 heterocycles. The number of hydrogen-bond donors (Lipinski definition) is 1. The molecule has 1 aromatic heterocycles. The lowest BCUT2D eigenvalue weighted by Crippen LogP contribution is -1.99. The average molecular weight is 328 g/mol. The van der Waals surface area contributed by atoms with E-state index in [1.807, 2.05) is 23.6 Å². The zero-order chi connectivity index (χ0) is 12.3. The van der Waals surface area contributed by atoms with Crippen LogP contribution in [0, 0.1) is 11.3 Å². The van der Waals surface area contributed by atoms with E-state index < -0.39 is 0 Å². The first-order valence-electron chi connectivity index (χ1n) is 4.85. The molecule has 0 bridgehead atoms. The minimum absolute atomic E-state index is 0.635. The van der Waals surface area contributed by atoms with Gasteiger partial charge in [-0.2, -0.15) is 5.26 Å². The summed E-state index contributed by atoms with van der Waals surface area (Å²) in [7, 11) is 0. The molecule has 2 nitrogen and oxygen atoms in total. The summed E-state index contributed by atoms with van der Waals surface area (Å²) in [5, 5.41) is 14.9. The lowest BCUT2D eigenvalue weighted by molar-refractivity contribution is 1.19. The fraction of sp³-hybridized carbons (Fsp3) is 0.0833. The molecule has 0 spiro atoms. The molecule has 86 valence electrons. The van der Waals surface area contributed by atoms with Crippen LogP contribution in [-0.2, 0) is 6.54 Å². The smallest absolute Gasteiger partial charge is 0.101 e. The van der Waals surface area contributed by atoms with Crippen LogP contribution in [0.3, 0.4) is 0 Å². The van der Waals surface area contributed by atoms with Gasteiger partial charge in [0.1, 0.15) is 6.07 Å². The fourth-order valence-electron chi connectivity index (χ4n) is 1.39. The van der Waals surface area contributed by atoms with E-state index in [1.54, 1.807) is 17.4 Å². The molecule has 0 saturated heterocycles. The Morgan fingerprint density at radius 3 is 2.88 bits per heavy atom. The van der Waals surface area contributed by atoms with Gasteiger partial charge in [0.05, 0.1) is 16.3 Å². The topological polar surface area (TPSA) is 35.8 Å². The van der Waals surface area contributed by atoms with Crippen LogP contribution in [0.15, 0.2) is 34.1 Å². The van der Waals surface area contributed by atoms with E-state index in [2.05, 4.69) is 27.3 Å². The summed E-state index contributed by atoms with van der Waals surface area (Å²) < 4.78 is 0.947. The zero-order valence-electron chi connectivity index (χ0n) is 8.71. The van der Waals surface area contributed by atoms with E-state index in [0.29, 0.717) is 12.1 Å². The minimum Gasteiger partial charge on any atom is -0.379 e. The van der Waals surface area contributed by atoms with Crippen molar-refractivity contribution < 1.29 is 0 Å². The molecule has 0 aliphatic heterocycles. The number of nitrogens with zero attached hydrogens (tertiary/aromatic N) is 1. The Labute approximate surface area is 117 Å². The Hall–Kier alpha value is -1.02. The maximum absolute atomic E-state index is 8.99. The third-order valence-corrected chi connectivity index (χ3v) is 3.95. The molecule has 5 heteroatoms. The molecule has 17 heavy (non-hydrogen) atoms. The van der Waals surface area contributed by atoms with Crippen molar-refractivity contribution in [2.24, 2.45) is 0 Å². The van der Waals surface area contributed by atoms with Crippen molar-refractivity contribution in [1.29, 1.82) is 5.26 Å². The van der Waals surface area contributed by atoms with Crippen LogP contribution in [-0.4, -0.2) is 0 Å². The summed E-state index contributed by atoms with van der Waals surface area (Å²) in [6, 6.07) is 9.61. The number of thiophene rings is 1. The first kappa shape index (κ1) is 12.4. The van der Waals surface area contributed by atoms with Crippen molar-refractivity contribution >= 4 is 44.6 Å². The summed E-state index contributed by atoms with van der Waals surface area (Å²) in [5.74, 6) is 0. The van der Waals surface area contributed by atoms with E-state index >= 15 is 0 Å². The van der Waals surface area contributed by atoms with Crippen molar-refractivity contribution in [1.82, 2.24) is 0 Å². The molecule has 1 aromatic carbocycles. The highest BCUT2D eigenvalue weighted by molar-refractivity contribution is 9.10. The highest BCUT2D eigenvalue weighted by Gasteiger charge is 2.03. The molecule has 0 aliphatic carbocycles. The van der Waals surface area contributed by atoms with Crippen LogP contribution in [0.5, 0.6) is 0 Å². The van der Waals surface area contributed by atoms with Crippen molar-refractivity contribution in [3.63, 3.8) is 0 Å². The Balaban J connectivity index is 2.13. The monoisotopic (exact) mass is 326 g/mol.